The van der Waals surface area contributed by atoms with Gasteiger partial charge in [-0.05, 0) is 43.3 Å². The third kappa shape index (κ3) is 3.64. The molecule has 2 aromatic rings. The third-order valence-corrected chi connectivity index (χ3v) is 4.72. The van der Waals surface area contributed by atoms with Crippen LogP contribution in [-0.2, 0) is 4.79 Å². The van der Waals surface area contributed by atoms with Crippen molar-refractivity contribution >= 4 is 29.2 Å². The highest BCUT2D eigenvalue weighted by molar-refractivity contribution is 6.31. The number of carbonyl (C=O) groups excluding carboxylic acids is 2. The normalized spacial score (nSPS) is 17.0. The van der Waals surface area contributed by atoms with Crippen LogP contribution in [0.15, 0.2) is 53.7 Å². The van der Waals surface area contributed by atoms with Crippen LogP contribution < -0.4 is 10.6 Å². The number of benzene rings is 2. The van der Waals surface area contributed by atoms with Gasteiger partial charge in [-0.1, -0.05) is 17.7 Å². The second kappa shape index (κ2) is 7.36. The molecule has 0 saturated heterocycles. The standard InChI is InChI=1S/C19H16ClF2N3O2/c1-10-15(18(26)23-12-8-6-11(21)7-9-12)17(24-19(27)25(10)2)16-13(20)4-3-5-14(16)22/h3-9,17H,1-2H3,(H,23,26)(H,24,27)/t17-/m0/s1. The Bertz CT molecular complexity index is 924. The number of halogens is 3. The van der Waals surface area contributed by atoms with Crippen LogP contribution in [0.2, 0.25) is 5.02 Å². The molecule has 3 rings (SSSR count). The molecule has 140 valence electrons. The van der Waals surface area contributed by atoms with Gasteiger partial charge < -0.3 is 15.5 Å². The maximum absolute atomic E-state index is 14.4. The summed E-state index contributed by atoms with van der Waals surface area (Å²) in [5, 5.41) is 5.33. The summed E-state index contributed by atoms with van der Waals surface area (Å²) in [5.41, 5.74) is 0.847. The van der Waals surface area contributed by atoms with E-state index < -0.39 is 29.6 Å². The van der Waals surface area contributed by atoms with Gasteiger partial charge in [0.15, 0.2) is 0 Å². The average Bonchev–Trinajstić information content (AvgIpc) is 2.61. The van der Waals surface area contributed by atoms with Crippen molar-refractivity contribution in [1.29, 1.82) is 0 Å². The number of urea groups is 1. The Kier molecular flexibility index (Phi) is 5.14. The van der Waals surface area contributed by atoms with E-state index in [9.17, 15) is 18.4 Å². The zero-order valence-corrected chi connectivity index (χ0v) is 15.3. The van der Waals surface area contributed by atoms with E-state index in [2.05, 4.69) is 10.6 Å². The predicted molar refractivity (Wildman–Crippen MR) is 98.2 cm³/mol. The number of allylic oxidation sites excluding steroid dienone is 1. The minimum atomic E-state index is -1.07. The van der Waals surface area contributed by atoms with E-state index in [4.69, 9.17) is 11.6 Å². The first kappa shape index (κ1) is 18.8. The van der Waals surface area contributed by atoms with E-state index in [-0.39, 0.29) is 16.2 Å². The van der Waals surface area contributed by atoms with Crippen molar-refractivity contribution in [3.8, 4) is 0 Å². The molecule has 8 heteroatoms. The van der Waals surface area contributed by atoms with E-state index in [0.29, 0.717) is 11.4 Å². The minimum Gasteiger partial charge on any atom is -0.326 e. The summed E-state index contributed by atoms with van der Waals surface area (Å²) in [6.45, 7) is 1.58. The summed E-state index contributed by atoms with van der Waals surface area (Å²) in [7, 11) is 1.50. The highest BCUT2D eigenvalue weighted by atomic mass is 35.5. The molecule has 0 aromatic heterocycles. The first-order valence-electron chi connectivity index (χ1n) is 8.05. The third-order valence-electron chi connectivity index (χ3n) is 4.39. The molecular weight excluding hydrogens is 376 g/mol. The molecule has 0 aliphatic carbocycles. The summed E-state index contributed by atoms with van der Waals surface area (Å²) in [6.07, 6.45) is 0. The maximum atomic E-state index is 14.4. The zero-order valence-electron chi connectivity index (χ0n) is 14.5. The molecule has 1 atom stereocenters. The molecule has 1 aliphatic rings. The molecule has 1 aliphatic heterocycles. The van der Waals surface area contributed by atoms with Crippen LogP contribution in [0, 0.1) is 11.6 Å². The highest BCUT2D eigenvalue weighted by Crippen LogP contribution is 2.35. The Hall–Kier alpha value is -2.93. The first-order chi connectivity index (χ1) is 12.8. The number of rotatable bonds is 3. The number of nitrogens with zero attached hydrogens (tertiary/aromatic N) is 1. The minimum absolute atomic E-state index is 0.00391. The molecule has 27 heavy (non-hydrogen) atoms. The Balaban J connectivity index is 2.05. The largest absolute Gasteiger partial charge is 0.326 e. The second-order valence-electron chi connectivity index (χ2n) is 6.04. The molecule has 0 unspecified atom stereocenters. The van der Waals surface area contributed by atoms with Gasteiger partial charge in [-0.25, -0.2) is 13.6 Å². The summed E-state index contributed by atoms with van der Waals surface area (Å²) in [6, 6.07) is 7.78. The van der Waals surface area contributed by atoms with Crippen LogP contribution in [0.3, 0.4) is 0 Å². The number of hydrogen-bond acceptors (Lipinski definition) is 2. The summed E-state index contributed by atoms with van der Waals surface area (Å²) >= 11 is 6.14. The molecule has 2 N–H and O–H groups in total. The van der Waals surface area contributed by atoms with Crippen molar-refractivity contribution in [1.82, 2.24) is 10.2 Å². The van der Waals surface area contributed by atoms with Gasteiger partial charge in [0, 0.05) is 29.0 Å². The van der Waals surface area contributed by atoms with Crippen molar-refractivity contribution in [3.05, 3.63) is 76.0 Å². The lowest BCUT2D eigenvalue weighted by atomic mass is 9.93. The lowest BCUT2D eigenvalue weighted by Crippen LogP contribution is -2.47. The summed E-state index contributed by atoms with van der Waals surface area (Å²) in [4.78, 5) is 26.4. The van der Waals surface area contributed by atoms with Gasteiger partial charge in [0.25, 0.3) is 5.91 Å². The van der Waals surface area contributed by atoms with Crippen molar-refractivity contribution < 1.29 is 18.4 Å². The van der Waals surface area contributed by atoms with E-state index in [1.807, 2.05) is 0 Å². The number of anilines is 1. The van der Waals surface area contributed by atoms with Gasteiger partial charge in [-0.3, -0.25) is 4.79 Å². The number of hydrogen-bond donors (Lipinski definition) is 2. The number of amides is 3. The topological polar surface area (TPSA) is 61.4 Å². The second-order valence-corrected chi connectivity index (χ2v) is 6.44. The van der Waals surface area contributed by atoms with Crippen molar-refractivity contribution in [2.24, 2.45) is 0 Å². The molecule has 1 heterocycles. The van der Waals surface area contributed by atoms with Crippen LogP contribution in [0.4, 0.5) is 19.3 Å². The maximum Gasteiger partial charge on any atom is 0.322 e. The Morgan fingerprint density at radius 1 is 1.19 bits per heavy atom. The van der Waals surface area contributed by atoms with Gasteiger partial charge in [0.1, 0.15) is 11.6 Å². The molecule has 2 aromatic carbocycles. The molecule has 0 bridgehead atoms. The van der Waals surface area contributed by atoms with Crippen molar-refractivity contribution in [2.45, 2.75) is 13.0 Å². The Labute approximate surface area is 159 Å². The quantitative estimate of drug-likeness (QED) is 0.822. The molecule has 3 amide bonds. The van der Waals surface area contributed by atoms with E-state index >= 15 is 0 Å². The average molecular weight is 392 g/mol. The van der Waals surface area contributed by atoms with Crippen molar-refractivity contribution in [3.63, 3.8) is 0 Å². The van der Waals surface area contributed by atoms with E-state index in [1.165, 1.54) is 54.4 Å². The molecular formula is C19H16ClF2N3O2. The van der Waals surface area contributed by atoms with Crippen LogP contribution in [0.1, 0.15) is 18.5 Å². The van der Waals surface area contributed by atoms with Gasteiger partial charge in [-0.15, -0.1) is 0 Å². The summed E-state index contributed by atoms with van der Waals surface area (Å²) in [5.74, 6) is -1.64. The van der Waals surface area contributed by atoms with Crippen LogP contribution in [0.5, 0.6) is 0 Å². The van der Waals surface area contributed by atoms with Gasteiger partial charge in [0.05, 0.1) is 11.6 Å². The first-order valence-corrected chi connectivity index (χ1v) is 8.43. The van der Waals surface area contributed by atoms with Crippen LogP contribution in [-0.4, -0.2) is 23.9 Å². The molecule has 0 fully saturated rings. The molecule has 0 spiro atoms. The SMILES string of the molecule is CC1=C(C(=O)Nc2ccc(F)cc2)[C@@H](c2c(F)cccc2Cl)NC(=O)N1C. The fraction of sp³-hybridized carbons (Fsp3) is 0.158. The van der Waals surface area contributed by atoms with Gasteiger partial charge in [0.2, 0.25) is 0 Å². The lowest BCUT2D eigenvalue weighted by Gasteiger charge is -2.34. The van der Waals surface area contributed by atoms with Crippen LogP contribution >= 0.6 is 11.6 Å². The van der Waals surface area contributed by atoms with E-state index in [1.54, 1.807) is 6.92 Å². The molecule has 0 saturated carbocycles. The van der Waals surface area contributed by atoms with Gasteiger partial charge in [-0.2, -0.15) is 0 Å². The number of carbonyl (C=O) groups is 2. The monoisotopic (exact) mass is 391 g/mol. The zero-order chi connectivity index (χ0) is 19.7. The molecule has 0 radical (unpaired) electrons. The van der Waals surface area contributed by atoms with Crippen molar-refractivity contribution in [2.75, 3.05) is 12.4 Å². The summed E-state index contributed by atoms with van der Waals surface area (Å²) < 4.78 is 27.5. The fourth-order valence-electron chi connectivity index (χ4n) is 2.86. The smallest absolute Gasteiger partial charge is 0.322 e. The Morgan fingerprint density at radius 3 is 2.48 bits per heavy atom. The Morgan fingerprint density at radius 2 is 1.85 bits per heavy atom. The predicted octanol–water partition coefficient (Wildman–Crippen LogP) is 4.23. The van der Waals surface area contributed by atoms with E-state index in [0.717, 1.165) is 0 Å². The lowest BCUT2D eigenvalue weighted by molar-refractivity contribution is -0.113. The highest BCUT2D eigenvalue weighted by Gasteiger charge is 2.36. The fourth-order valence-corrected chi connectivity index (χ4v) is 3.14. The van der Waals surface area contributed by atoms with Gasteiger partial charge >= 0.3 is 6.03 Å². The number of nitrogens with one attached hydrogen (secondary N) is 2. The molecule has 5 nitrogen and oxygen atoms in total. The van der Waals surface area contributed by atoms with Crippen LogP contribution in [0.25, 0.3) is 0 Å².